The molecule has 0 spiro atoms. The predicted molar refractivity (Wildman–Crippen MR) is 80.0 cm³/mol. The van der Waals surface area contributed by atoms with Crippen molar-refractivity contribution in [2.45, 2.75) is 39.7 Å². The molecule has 0 amide bonds. The highest BCUT2D eigenvalue weighted by Crippen LogP contribution is 2.18. The topological polar surface area (TPSA) is 15.3 Å². The van der Waals surface area contributed by atoms with Crippen LogP contribution in [0.2, 0.25) is 0 Å². The summed E-state index contributed by atoms with van der Waals surface area (Å²) in [6.07, 6.45) is 2.45. The molecule has 0 aliphatic carbocycles. The smallest absolute Gasteiger partial charge is 0.0449 e. The van der Waals surface area contributed by atoms with Crippen molar-refractivity contribution >= 4 is 0 Å². The number of benzene rings is 1. The largest absolute Gasteiger partial charge is 0.312 e. The van der Waals surface area contributed by atoms with Crippen molar-refractivity contribution in [3.63, 3.8) is 0 Å². The lowest BCUT2D eigenvalue weighted by Gasteiger charge is -2.28. The third-order valence-corrected chi connectivity index (χ3v) is 3.43. The Morgan fingerprint density at radius 2 is 1.72 bits per heavy atom. The van der Waals surface area contributed by atoms with Gasteiger partial charge in [-0.15, -0.1) is 0 Å². The van der Waals surface area contributed by atoms with Gasteiger partial charge >= 0.3 is 0 Å². The second-order valence-corrected chi connectivity index (χ2v) is 5.00. The first kappa shape index (κ1) is 15.2. The van der Waals surface area contributed by atoms with E-state index in [-0.39, 0.29) is 0 Å². The van der Waals surface area contributed by atoms with E-state index in [1.54, 1.807) is 0 Å². The molecule has 0 saturated carbocycles. The average Bonchev–Trinajstić information content (AvgIpc) is 2.37. The van der Waals surface area contributed by atoms with Crippen molar-refractivity contribution in [3.8, 4) is 0 Å². The van der Waals surface area contributed by atoms with E-state index < -0.39 is 0 Å². The number of likely N-dealkylation sites (N-methyl/N-ethyl adjacent to an activating group) is 1. The molecule has 0 heterocycles. The SMILES string of the molecule is CCCN(CCC)CC(NC)c1ccccc1C. The Bertz CT molecular complexity index is 330. The van der Waals surface area contributed by atoms with Crippen LogP contribution in [0.4, 0.5) is 0 Å². The molecule has 102 valence electrons. The van der Waals surface area contributed by atoms with Crippen LogP contribution >= 0.6 is 0 Å². The predicted octanol–water partition coefficient (Wildman–Crippen LogP) is 3.38. The van der Waals surface area contributed by atoms with Crippen molar-refractivity contribution in [2.24, 2.45) is 0 Å². The van der Waals surface area contributed by atoms with E-state index in [0.717, 1.165) is 6.54 Å². The molecule has 1 aromatic rings. The Morgan fingerprint density at radius 3 is 2.22 bits per heavy atom. The number of hydrogen-bond donors (Lipinski definition) is 1. The van der Waals surface area contributed by atoms with Crippen LogP contribution in [-0.4, -0.2) is 31.6 Å². The van der Waals surface area contributed by atoms with Gasteiger partial charge < -0.3 is 10.2 Å². The Kier molecular flexibility index (Phi) is 6.99. The number of aryl methyl sites for hydroxylation is 1. The van der Waals surface area contributed by atoms with Gasteiger partial charge in [0.15, 0.2) is 0 Å². The molecule has 0 bridgehead atoms. The Morgan fingerprint density at radius 1 is 1.11 bits per heavy atom. The molecule has 0 radical (unpaired) electrons. The van der Waals surface area contributed by atoms with Gasteiger partial charge in [0.25, 0.3) is 0 Å². The normalized spacial score (nSPS) is 12.9. The lowest BCUT2D eigenvalue weighted by atomic mass is 10.0. The Labute approximate surface area is 112 Å². The summed E-state index contributed by atoms with van der Waals surface area (Å²) in [5.74, 6) is 0. The zero-order chi connectivity index (χ0) is 13.4. The zero-order valence-corrected chi connectivity index (χ0v) is 12.4. The molecule has 1 N–H and O–H groups in total. The summed E-state index contributed by atoms with van der Waals surface area (Å²) >= 11 is 0. The van der Waals surface area contributed by atoms with E-state index >= 15 is 0 Å². The van der Waals surface area contributed by atoms with Gasteiger partial charge in [0.2, 0.25) is 0 Å². The maximum atomic E-state index is 3.46. The van der Waals surface area contributed by atoms with Gasteiger partial charge in [-0.05, 0) is 51.0 Å². The number of hydrogen-bond acceptors (Lipinski definition) is 2. The maximum Gasteiger partial charge on any atom is 0.0449 e. The van der Waals surface area contributed by atoms with Crippen molar-refractivity contribution in [2.75, 3.05) is 26.7 Å². The summed E-state index contributed by atoms with van der Waals surface area (Å²) in [7, 11) is 2.06. The molecule has 2 heteroatoms. The standard InChI is InChI=1S/C16H28N2/c1-5-11-18(12-6-2)13-16(17-4)15-10-8-7-9-14(15)3/h7-10,16-17H,5-6,11-13H2,1-4H3. The van der Waals surface area contributed by atoms with Crippen LogP contribution in [0.5, 0.6) is 0 Å². The lowest BCUT2D eigenvalue weighted by molar-refractivity contribution is 0.247. The summed E-state index contributed by atoms with van der Waals surface area (Å²) < 4.78 is 0. The fourth-order valence-corrected chi connectivity index (χ4v) is 2.51. The quantitative estimate of drug-likeness (QED) is 0.759. The van der Waals surface area contributed by atoms with Crippen LogP contribution in [-0.2, 0) is 0 Å². The monoisotopic (exact) mass is 248 g/mol. The summed E-state index contributed by atoms with van der Waals surface area (Å²) in [5.41, 5.74) is 2.81. The molecule has 18 heavy (non-hydrogen) atoms. The molecule has 0 aliphatic rings. The molecular formula is C16H28N2. The van der Waals surface area contributed by atoms with Crippen molar-refractivity contribution in [3.05, 3.63) is 35.4 Å². The van der Waals surface area contributed by atoms with Crippen molar-refractivity contribution in [1.82, 2.24) is 10.2 Å². The Hall–Kier alpha value is -0.860. The molecule has 1 unspecified atom stereocenters. The molecule has 1 aromatic carbocycles. The van der Waals surface area contributed by atoms with E-state index in [9.17, 15) is 0 Å². The van der Waals surface area contributed by atoms with E-state index in [1.807, 2.05) is 0 Å². The van der Waals surface area contributed by atoms with Crippen LogP contribution in [0.15, 0.2) is 24.3 Å². The van der Waals surface area contributed by atoms with E-state index in [4.69, 9.17) is 0 Å². The Balaban J connectivity index is 2.73. The van der Waals surface area contributed by atoms with E-state index in [2.05, 4.69) is 62.3 Å². The third-order valence-electron chi connectivity index (χ3n) is 3.43. The molecule has 2 nitrogen and oxygen atoms in total. The molecule has 1 atom stereocenters. The lowest BCUT2D eigenvalue weighted by Crippen LogP contribution is -2.35. The molecular weight excluding hydrogens is 220 g/mol. The fraction of sp³-hybridized carbons (Fsp3) is 0.625. The third kappa shape index (κ3) is 4.43. The van der Waals surface area contributed by atoms with Crippen molar-refractivity contribution < 1.29 is 0 Å². The first-order chi connectivity index (χ1) is 8.72. The van der Waals surface area contributed by atoms with E-state index in [1.165, 1.54) is 37.1 Å². The van der Waals surface area contributed by atoms with Crippen LogP contribution in [0, 0.1) is 6.92 Å². The minimum Gasteiger partial charge on any atom is -0.312 e. The minimum atomic E-state index is 0.435. The summed E-state index contributed by atoms with van der Waals surface area (Å²) in [6, 6.07) is 9.12. The fourth-order valence-electron chi connectivity index (χ4n) is 2.51. The average molecular weight is 248 g/mol. The zero-order valence-electron chi connectivity index (χ0n) is 12.4. The molecule has 0 aromatic heterocycles. The summed E-state index contributed by atoms with van der Waals surface area (Å²) in [6.45, 7) is 10.2. The van der Waals surface area contributed by atoms with Gasteiger partial charge in [-0.3, -0.25) is 0 Å². The van der Waals surface area contributed by atoms with Gasteiger partial charge in [0.05, 0.1) is 0 Å². The summed E-state index contributed by atoms with van der Waals surface area (Å²) in [4.78, 5) is 2.56. The van der Waals surface area contributed by atoms with Gasteiger partial charge in [0, 0.05) is 12.6 Å². The van der Waals surface area contributed by atoms with Crippen LogP contribution in [0.3, 0.4) is 0 Å². The first-order valence-electron chi connectivity index (χ1n) is 7.18. The minimum absolute atomic E-state index is 0.435. The molecule has 0 fully saturated rings. The first-order valence-corrected chi connectivity index (χ1v) is 7.18. The molecule has 0 aliphatic heterocycles. The van der Waals surface area contributed by atoms with Crippen molar-refractivity contribution in [1.29, 1.82) is 0 Å². The summed E-state index contributed by atoms with van der Waals surface area (Å²) in [5, 5.41) is 3.46. The molecule has 0 saturated heterocycles. The maximum absolute atomic E-state index is 3.46. The van der Waals surface area contributed by atoms with Crippen LogP contribution in [0.1, 0.15) is 43.9 Å². The molecule has 1 rings (SSSR count). The highest BCUT2D eigenvalue weighted by Gasteiger charge is 2.14. The second kappa shape index (κ2) is 8.28. The highest BCUT2D eigenvalue weighted by molar-refractivity contribution is 5.28. The number of rotatable bonds is 8. The second-order valence-electron chi connectivity index (χ2n) is 5.00. The number of nitrogens with one attached hydrogen (secondary N) is 1. The number of nitrogens with zero attached hydrogens (tertiary/aromatic N) is 1. The van der Waals surface area contributed by atoms with E-state index in [0.29, 0.717) is 6.04 Å². The van der Waals surface area contributed by atoms with Gasteiger partial charge in [-0.1, -0.05) is 38.1 Å². The van der Waals surface area contributed by atoms with Gasteiger partial charge in [-0.2, -0.15) is 0 Å². The van der Waals surface area contributed by atoms with Gasteiger partial charge in [0.1, 0.15) is 0 Å². The van der Waals surface area contributed by atoms with Crippen LogP contribution < -0.4 is 5.32 Å². The highest BCUT2D eigenvalue weighted by atomic mass is 15.1. The van der Waals surface area contributed by atoms with Crippen LogP contribution in [0.25, 0.3) is 0 Å². The van der Waals surface area contributed by atoms with Gasteiger partial charge in [-0.25, -0.2) is 0 Å².